The van der Waals surface area contributed by atoms with Gasteiger partial charge in [-0.3, -0.25) is 9.78 Å². The lowest BCUT2D eigenvalue weighted by Gasteiger charge is -2.11. The van der Waals surface area contributed by atoms with Crippen molar-refractivity contribution in [1.82, 2.24) is 4.98 Å². The molecule has 0 spiro atoms. The molecule has 0 saturated heterocycles. The maximum Gasteiger partial charge on any atom is 0.182 e. The lowest BCUT2D eigenvalue weighted by atomic mass is 10.0. The monoisotopic (exact) mass is 271 g/mol. The van der Waals surface area contributed by atoms with Crippen LogP contribution in [0.1, 0.15) is 22.5 Å². The Morgan fingerprint density at radius 1 is 1.10 bits per heavy atom. The number of carbonyl (C=O) groups excluding carboxylic acids is 1. The minimum Gasteiger partial charge on any atom is -0.493 e. The highest BCUT2D eigenvalue weighted by molar-refractivity contribution is 5.96. The van der Waals surface area contributed by atoms with Crippen molar-refractivity contribution < 1.29 is 14.3 Å². The van der Waals surface area contributed by atoms with Gasteiger partial charge in [0, 0.05) is 30.7 Å². The highest BCUT2D eigenvalue weighted by Crippen LogP contribution is 2.29. The number of pyridine rings is 1. The summed E-state index contributed by atoms with van der Waals surface area (Å²) >= 11 is 0. The molecule has 2 rings (SSSR count). The molecule has 0 amide bonds. The van der Waals surface area contributed by atoms with Crippen LogP contribution in [0.3, 0.4) is 0 Å². The van der Waals surface area contributed by atoms with E-state index in [1.54, 1.807) is 26.5 Å². The summed E-state index contributed by atoms with van der Waals surface area (Å²) in [5.74, 6) is 1.32. The fourth-order valence-electron chi connectivity index (χ4n) is 2.03. The molecule has 0 aliphatic rings. The molecule has 1 aromatic carbocycles. The van der Waals surface area contributed by atoms with Gasteiger partial charge < -0.3 is 9.47 Å². The zero-order valence-electron chi connectivity index (χ0n) is 11.6. The molecule has 0 aliphatic heterocycles. The van der Waals surface area contributed by atoms with E-state index >= 15 is 0 Å². The number of carbonyl (C=O) groups is 1. The van der Waals surface area contributed by atoms with Gasteiger partial charge in [-0.15, -0.1) is 0 Å². The number of hydrogen-bond acceptors (Lipinski definition) is 4. The summed E-state index contributed by atoms with van der Waals surface area (Å²) < 4.78 is 10.5. The Kier molecular flexibility index (Phi) is 4.71. The van der Waals surface area contributed by atoms with Gasteiger partial charge in [-0.25, -0.2) is 0 Å². The van der Waals surface area contributed by atoms with Crippen LogP contribution >= 0.6 is 0 Å². The quantitative estimate of drug-likeness (QED) is 0.758. The number of hydrogen-bond donors (Lipinski definition) is 0. The number of nitrogens with zero attached hydrogens (tertiary/aromatic N) is 1. The summed E-state index contributed by atoms with van der Waals surface area (Å²) in [6.07, 6.45) is 2.57. The molecule has 0 unspecified atom stereocenters. The Bertz CT molecular complexity index is 582. The molecular formula is C16H17NO3. The van der Waals surface area contributed by atoms with Gasteiger partial charge in [-0.2, -0.15) is 0 Å². The molecule has 2 aromatic rings. The molecule has 104 valence electrons. The van der Waals surface area contributed by atoms with E-state index in [0.717, 1.165) is 11.3 Å². The molecule has 0 aliphatic carbocycles. The first-order valence-corrected chi connectivity index (χ1v) is 6.40. The average Bonchev–Trinajstić information content (AvgIpc) is 2.52. The second-order valence-corrected chi connectivity index (χ2v) is 4.28. The van der Waals surface area contributed by atoms with Crippen LogP contribution in [0.4, 0.5) is 0 Å². The second-order valence-electron chi connectivity index (χ2n) is 4.28. The van der Waals surface area contributed by atoms with Crippen LogP contribution in [0.5, 0.6) is 11.5 Å². The summed E-state index contributed by atoms with van der Waals surface area (Å²) in [4.78, 5) is 16.3. The van der Waals surface area contributed by atoms with E-state index in [4.69, 9.17) is 9.47 Å². The first-order valence-electron chi connectivity index (χ1n) is 6.40. The van der Waals surface area contributed by atoms with Gasteiger partial charge in [0.2, 0.25) is 0 Å². The molecule has 0 bridgehead atoms. The van der Waals surface area contributed by atoms with E-state index in [2.05, 4.69) is 4.98 Å². The lowest BCUT2D eigenvalue weighted by molar-refractivity contribution is 0.0982. The molecule has 1 heterocycles. The Labute approximate surface area is 118 Å². The number of methoxy groups -OCH3 is 2. The zero-order chi connectivity index (χ0) is 14.4. The summed E-state index contributed by atoms with van der Waals surface area (Å²) in [5, 5.41) is 0. The normalized spacial score (nSPS) is 10.1. The number of rotatable bonds is 6. The number of aromatic nitrogens is 1. The Morgan fingerprint density at radius 2 is 1.85 bits per heavy atom. The fourth-order valence-corrected chi connectivity index (χ4v) is 2.03. The highest BCUT2D eigenvalue weighted by Gasteiger charge is 2.13. The molecule has 4 nitrogen and oxygen atoms in total. The van der Waals surface area contributed by atoms with Gasteiger partial charge in [-0.05, 0) is 0 Å². The van der Waals surface area contributed by atoms with Crippen LogP contribution in [-0.4, -0.2) is 25.0 Å². The third-order valence-electron chi connectivity index (χ3n) is 3.05. The van der Waals surface area contributed by atoms with E-state index in [1.165, 1.54) is 0 Å². The number of benzene rings is 1. The van der Waals surface area contributed by atoms with E-state index in [-0.39, 0.29) is 5.78 Å². The Morgan fingerprint density at radius 3 is 2.50 bits per heavy atom. The minimum atomic E-state index is 0.0947. The number of ether oxygens (including phenoxy) is 2. The van der Waals surface area contributed by atoms with Crippen LogP contribution in [0.25, 0.3) is 0 Å². The summed E-state index contributed by atoms with van der Waals surface area (Å²) in [7, 11) is 3.15. The topological polar surface area (TPSA) is 48.4 Å². The van der Waals surface area contributed by atoms with Gasteiger partial charge in [0.05, 0.1) is 19.9 Å². The molecule has 20 heavy (non-hydrogen) atoms. The van der Waals surface area contributed by atoms with Gasteiger partial charge >= 0.3 is 0 Å². The zero-order valence-corrected chi connectivity index (χ0v) is 11.6. The Balaban J connectivity index is 2.10. The van der Waals surface area contributed by atoms with Crippen molar-refractivity contribution in [3.8, 4) is 11.5 Å². The van der Waals surface area contributed by atoms with Crippen molar-refractivity contribution in [2.24, 2.45) is 0 Å². The molecule has 0 N–H and O–H groups in total. The van der Waals surface area contributed by atoms with Crippen molar-refractivity contribution >= 4 is 5.78 Å². The summed E-state index contributed by atoms with van der Waals surface area (Å²) in [6, 6.07) is 11.0. The van der Waals surface area contributed by atoms with Crippen molar-refractivity contribution in [3.63, 3.8) is 0 Å². The largest absolute Gasteiger partial charge is 0.493 e. The molecule has 0 saturated carbocycles. The van der Waals surface area contributed by atoms with Crippen LogP contribution in [0.15, 0.2) is 42.6 Å². The van der Waals surface area contributed by atoms with E-state index in [0.29, 0.717) is 24.3 Å². The fraction of sp³-hybridized carbons (Fsp3) is 0.250. The van der Waals surface area contributed by atoms with Gasteiger partial charge in [0.1, 0.15) is 0 Å². The molecule has 4 heteroatoms. The maximum absolute atomic E-state index is 12.1. The third kappa shape index (κ3) is 3.15. The molecule has 0 atom stereocenters. The second kappa shape index (κ2) is 6.70. The van der Waals surface area contributed by atoms with Crippen LogP contribution < -0.4 is 9.47 Å². The van der Waals surface area contributed by atoms with Gasteiger partial charge in [0.25, 0.3) is 0 Å². The van der Waals surface area contributed by atoms with Crippen molar-refractivity contribution in [2.75, 3.05) is 14.2 Å². The van der Waals surface area contributed by atoms with Crippen LogP contribution in [-0.2, 0) is 6.42 Å². The van der Waals surface area contributed by atoms with E-state index in [9.17, 15) is 4.79 Å². The molecule has 0 radical (unpaired) electrons. The molecular weight excluding hydrogens is 254 g/mol. The average molecular weight is 271 g/mol. The summed E-state index contributed by atoms with van der Waals surface area (Å²) in [5.41, 5.74) is 1.45. The minimum absolute atomic E-state index is 0.0947. The standard InChI is InChI=1S/C16H17NO3/c1-19-15-10-11-17-13(16(15)20-2)8-9-14(18)12-6-4-3-5-7-12/h3-7,10-11H,8-9H2,1-2H3. The van der Waals surface area contributed by atoms with E-state index < -0.39 is 0 Å². The first kappa shape index (κ1) is 14.1. The van der Waals surface area contributed by atoms with E-state index in [1.807, 2.05) is 30.3 Å². The smallest absolute Gasteiger partial charge is 0.182 e. The van der Waals surface area contributed by atoms with Crippen molar-refractivity contribution in [3.05, 3.63) is 53.9 Å². The summed E-state index contributed by atoms with van der Waals surface area (Å²) in [6.45, 7) is 0. The van der Waals surface area contributed by atoms with Crippen molar-refractivity contribution in [2.45, 2.75) is 12.8 Å². The highest BCUT2D eigenvalue weighted by atomic mass is 16.5. The molecule has 1 aromatic heterocycles. The SMILES string of the molecule is COc1ccnc(CCC(=O)c2ccccc2)c1OC. The van der Waals surface area contributed by atoms with Gasteiger partial charge in [-0.1, -0.05) is 30.3 Å². The van der Waals surface area contributed by atoms with Gasteiger partial charge in [0.15, 0.2) is 17.3 Å². The molecule has 0 fully saturated rings. The maximum atomic E-state index is 12.1. The number of Topliss-reactive ketones (excluding diaryl/α,β-unsaturated/α-hetero) is 1. The van der Waals surface area contributed by atoms with Crippen molar-refractivity contribution in [1.29, 1.82) is 0 Å². The van der Waals surface area contributed by atoms with Crippen LogP contribution in [0, 0.1) is 0 Å². The lowest BCUT2D eigenvalue weighted by Crippen LogP contribution is -2.04. The first-order chi connectivity index (χ1) is 9.76. The number of aryl methyl sites for hydroxylation is 1. The predicted octanol–water partition coefficient (Wildman–Crippen LogP) is 2.91. The predicted molar refractivity (Wildman–Crippen MR) is 76.4 cm³/mol. The number of ketones is 1. The van der Waals surface area contributed by atoms with Crippen LogP contribution in [0.2, 0.25) is 0 Å². The Hall–Kier alpha value is -2.36. The third-order valence-corrected chi connectivity index (χ3v) is 3.05.